The van der Waals surface area contributed by atoms with Crippen molar-refractivity contribution in [1.29, 1.82) is 0 Å². The van der Waals surface area contributed by atoms with E-state index in [-0.39, 0.29) is 24.3 Å². The van der Waals surface area contributed by atoms with Gasteiger partial charge in [0.05, 0.1) is 6.54 Å². The van der Waals surface area contributed by atoms with Crippen LogP contribution >= 0.6 is 11.6 Å². The molecule has 1 atom stereocenters. The van der Waals surface area contributed by atoms with E-state index in [9.17, 15) is 14.4 Å². The lowest BCUT2D eigenvalue weighted by atomic mass is 10.1. The summed E-state index contributed by atoms with van der Waals surface area (Å²) < 4.78 is 0. The van der Waals surface area contributed by atoms with Crippen LogP contribution in [0.3, 0.4) is 0 Å². The molecule has 1 fully saturated rings. The predicted molar refractivity (Wildman–Crippen MR) is 116 cm³/mol. The largest absolute Gasteiger partial charge is 0.340 e. The fourth-order valence-electron chi connectivity index (χ4n) is 3.39. The molecule has 158 valence electrons. The number of carbonyl (C=O) groups excluding carboxylic acids is 3. The van der Waals surface area contributed by atoms with E-state index in [2.05, 4.69) is 10.6 Å². The molecule has 1 unspecified atom stereocenters. The molecule has 0 saturated carbocycles. The van der Waals surface area contributed by atoms with Gasteiger partial charge in [-0.15, -0.1) is 0 Å². The van der Waals surface area contributed by atoms with Gasteiger partial charge in [-0.05, 0) is 61.2 Å². The van der Waals surface area contributed by atoms with E-state index < -0.39 is 6.04 Å². The van der Waals surface area contributed by atoms with Crippen molar-refractivity contribution in [3.8, 4) is 0 Å². The standard InChI is InChI=1S/C22H25ClN4O3/c23-17-9-7-16(8-10-17)21(29)26-19-6-1-2-11-27(22(19)30)14-20(28)25-18-5-3-4-15(12-18)13-24/h3-5,7-10,12,19H,1-2,6,11,13-14,24H2,(H,25,28)(H,26,29). The number of nitrogens with zero attached hydrogens (tertiary/aromatic N) is 1. The number of likely N-dealkylation sites (tertiary alicyclic amines) is 1. The van der Waals surface area contributed by atoms with Gasteiger partial charge in [-0.2, -0.15) is 0 Å². The summed E-state index contributed by atoms with van der Waals surface area (Å²) in [5.41, 5.74) is 7.61. The average molecular weight is 429 g/mol. The van der Waals surface area contributed by atoms with Crippen LogP contribution in [-0.4, -0.2) is 41.8 Å². The molecule has 0 aliphatic carbocycles. The fourth-order valence-corrected chi connectivity index (χ4v) is 3.51. The second-order valence-corrected chi connectivity index (χ2v) is 7.68. The number of halogens is 1. The molecule has 8 heteroatoms. The van der Waals surface area contributed by atoms with Crippen LogP contribution in [0.5, 0.6) is 0 Å². The number of nitrogens with two attached hydrogens (primary N) is 1. The van der Waals surface area contributed by atoms with Gasteiger partial charge in [-0.1, -0.05) is 23.7 Å². The zero-order valence-corrected chi connectivity index (χ0v) is 17.3. The maximum atomic E-state index is 12.9. The molecule has 0 bridgehead atoms. The molecule has 1 heterocycles. The lowest BCUT2D eigenvalue weighted by Gasteiger charge is -2.24. The molecule has 0 aromatic heterocycles. The summed E-state index contributed by atoms with van der Waals surface area (Å²) in [7, 11) is 0. The number of hydrogen-bond acceptors (Lipinski definition) is 4. The molecule has 0 radical (unpaired) electrons. The van der Waals surface area contributed by atoms with Crippen molar-refractivity contribution >= 4 is 35.0 Å². The number of nitrogens with one attached hydrogen (secondary N) is 2. The number of benzene rings is 2. The summed E-state index contributed by atoms with van der Waals surface area (Å²) >= 11 is 5.86. The molecule has 2 aromatic rings. The fraction of sp³-hybridized carbons (Fsp3) is 0.318. The van der Waals surface area contributed by atoms with Gasteiger partial charge in [0.1, 0.15) is 6.04 Å². The molecule has 7 nitrogen and oxygen atoms in total. The summed E-state index contributed by atoms with van der Waals surface area (Å²) in [5.74, 6) is -0.877. The minimum absolute atomic E-state index is 0.0704. The van der Waals surface area contributed by atoms with Crippen LogP contribution in [0.2, 0.25) is 5.02 Å². The summed E-state index contributed by atoms with van der Waals surface area (Å²) in [4.78, 5) is 39.4. The van der Waals surface area contributed by atoms with Crippen molar-refractivity contribution in [2.24, 2.45) is 5.73 Å². The molecule has 3 amide bonds. The first kappa shape index (κ1) is 21.8. The molecule has 3 rings (SSSR count). The number of rotatable bonds is 6. The molecule has 2 aromatic carbocycles. The predicted octanol–water partition coefficient (Wildman–Crippen LogP) is 2.55. The van der Waals surface area contributed by atoms with Crippen molar-refractivity contribution in [3.05, 3.63) is 64.7 Å². The lowest BCUT2D eigenvalue weighted by molar-refractivity contribution is -0.135. The lowest BCUT2D eigenvalue weighted by Crippen LogP contribution is -2.49. The normalized spacial score (nSPS) is 16.7. The quantitative estimate of drug-likeness (QED) is 0.657. The summed E-state index contributed by atoms with van der Waals surface area (Å²) in [6.07, 6.45) is 2.10. The maximum absolute atomic E-state index is 12.9. The maximum Gasteiger partial charge on any atom is 0.251 e. The Kier molecular flexibility index (Phi) is 7.43. The van der Waals surface area contributed by atoms with Crippen molar-refractivity contribution in [1.82, 2.24) is 10.2 Å². The van der Waals surface area contributed by atoms with Crippen LogP contribution in [-0.2, 0) is 16.1 Å². The summed E-state index contributed by atoms with van der Waals surface area (Å²) in [6, 6.07) is 13.1. The van der Waals surface area contributed by atoms with Gasteiger partial charge in [0.15, 0.2) is 0 Å². The van der Waals surface area contributed by atoms with Gasteiger partial charge in [0, 0.05) is 29.4 Å². The van der Waals surface area contributed by atoms with Gasteiger partial charge in [0.2, 0.25) is 11.8 Å². The Hall–Kier alpha value is -2.90. The van der Waals surface area contributed by atoms with Crippen molar-refractivity contribution in [2.45, 2.75) is 31.8 Å². The topological polar surface area (TPSA) is 105 Å². The number of anilines is 1. The third-order valence-corrected chi connectivity index (χ3v) is 5.23. The van der Waals surface area contributed by atoms with Gasteiger partial charge in [-0.3, -0.25) is 14.4 Å². The highest BCUT2D eigenvalue weighted by molar-refractivity contribution is 6.30. The Morgan fingerprint density at radius 3 is 2.63 bits per heavy atom. The van der Waals surface area contributed by atoms with Crippen LogP contribution in [0.4, 0.5) is 5.69 Å². The second kappa shape index (κ2) is 10.2. The Balaban J connectivity index is 1.62. The highest BCUT2D eigenvalue weighted by Crippen LogP contribution is 2.15. The molecule has 4 N–H and O–H groups in total. The van der Waals surface area contributed by atoms with E-state index in [4.69, 9.17) is 17.3 Å². The Bertz CT molecular complexity index is 917. The van der Waals surface area contributed by atoms with Gasteiger partial charge >= 0.3 is 0 Å². The van der Waals surface area contributed by atoms with Crippen molar-refractivity contribution < 1.29 is 14.4 Å². The molecule has 1 aliphatic rings. The molecule has 30 heavy (non-hydrogen) atoms. The van der Waals surface area contributed by atoms with E-state index in [1.165, 1.54) is 4.90 Å². The van der Waals surface area contributed by atoms with E-state index in [0.29, 0.717) is 35.8 Å². The molecular weight excluding hydrogens is 404 g/mol. The molecule has 0 spiro atoms. The minimum atomic E-state index is -0.663. The Morgan fingerprint density at radius 2 is 1.90 bits per heavy atom. The first-order valence-electron chi connectivity index (χ1n) is 9.90. The van der Waals surface area contributed by atoms with Crippen LogP contribution in [0, 0.1) is 0 Å². The molecule has 1 aliphatic heterocycles. The first-order valence-corrected chi connectivity index (χ1v) is 10.3. The average Bonchev–Trinajstić information content (AvgIpc) is 2.90. The van der Waals surface area contributed by atoms with Crippen LogP contribution in [0.15, 0.2) is 48.5 Å². The second-order valence-electron chi connectivity index (χ2n) is 7.24. The first-order chi connectivity index (χ1) is 14.5. The summed E-state index contributed by atoms with van der Waals surface area (Å²) in [6.45, 7) is 0.782. The Morgan fingerprint density at radius 1 is 1.13 bits per heavy atom. The van der Waals surface area contributed by atoms with Crippen LogP contribution in [0.25, 0.3) is 0 Å². The van der Waals surface area contributed by atoms with E-state index >= 15 is 0 Å². The van der Waals surface area contributed by atoms with Crippen LogP contribution < -0.4 is 16.4 Å². The number of carbonyl (C=O) groups is 3. The SMILES string of the molecule is NCc1cccc(NC(=O)CN2CCCCC(NC(=O)c3ccc(Cl)cc3)C2=O)c1. The van der Waals surface area contributed by atoms with Crippen molar-refractivity contribution in [2.75, 3.05) is 18.4 Å². The highest BCUT2D eigenvalue weighted by Gasteiger charge is 2.29. The molecule has 1 saturated heterocycles. The van der Waals surface area contributed by atoms with Gasteiger partial charge < -0.3 is 21.3 Å². The van der Waals surface area contributed by atoms with Gasteiger partial charge in [0.25, 0.3) is 5.91 Å². The monoisotopic (exact) mass is 428 g/mol. The number of hydrogen-bond donors (Lipinski definition) is 3. The Labute approximate surface area is 180 Å². The van der Waals surface area contributed by atoms with Crippen molar-refractivity contribution in [3.63, 3.8) is 0 Å². The third-order valence-electron chi connectivity index (χ3n) is 4.97. The van der Waals surface area contributed by atoms with E-state index in [1.54, 1.807) is 36.4 Å². The highest BCUT2D eigenvalue weighted by atomic mass is 35.5. The summed E-state index contributed by atoms with van der Waals surface area (Å²) in [5, 5.41) is 6.13. The van der Waals surface area contributed by atoms with Crippen LogP contribution in [0.1, 0.15) is 35.2 Å². The third kappa shape index (κ3) is 5.81. The minimum Gasteiger partial charge on any atom is -0.340 e. The zero-order valence-electron chi connectivity index (χ0n) is 16.6. The molecular formula is C22H25ClN4O3. The smallest absolute Gasteiger partial charge is 0.251 e. The van der Waals surface area contributed by atoms with Gasteiger partial charge in [-0.25, -0.2) is 0 Å². The van der Waals surface area contributed by atoms with E-state index in [1.807, 2.05) is 12.1 Å². The number of amides is 3. The zero-order chi connectivity index (χ0) is 21.5. The van der Waals surface area contributed by atoms with E-state index in [0.717, 1.165) is 18.4 Å².